The molecule has 4 N–H and O–H groups in total. The van der Waals surface area contributed by atoms with Gasteiger partial charge < -0.3 is 16.4 Å². The van der Waals surface area contributed by atoms with Gasteiger partial charge in [-0.1, -0.05) is 35.9 Å². The number of ketones is 1. The van der Waals surface area contributed by atoms with E-state index in [1.807, 2.05) is 19.1 Å². The zero-order chi connectivity index (χ0) is 26.3. The second kappa shape index (κ2) is 9.13. The first kappa shape index (κ1) is 24.1. The average molecular weight is 523 g/mol. The Bertz CT molecular complexity index is 1700. The minimum atomic E-state index is -4.99. The monoisotopic (exact) mass is 522 g/mol. The molecule has 0 aliphatic heterocycles. The number of aryl methyl sites for hydroxylation is 1. The highest BCUT2D eigenvalue weighted by atomic mass is 32.1. The normalized spacial score (nSPS) is 11.6. The Labute approximate surface area is 211 Å². The second-order valence-electron chi connectivity index (χ2n) is 8.13. The van der Waals surface area contributed by atoms with Crippen molar-refractivity contribution in [2.75, 3.05) is 16.4 Å². The summed E-state index contributed by atoms with van der Waals surface area (Å²) in [6.45, 7) is 1.89. The standard InChI is InChI=1S/C25H17F3N6O2S/c1-12-5-6-16-14(9-12)11-18(30-15-4-2-3-13(10-15)20(35)25(26,27)28)32-22(16)34-24(36)23-31-17-7-8-37-19(17)21(29)33-23/h2-11H,1H3,(H2,29,31,33)(H2,30,32,34,36). The molecule has 3 aromatic heterocycles. The largest absolute Gasteiger partial charge is 0.454 e. The molecule has 0 atom stereocenters. The molecule has 0 aliphatic rings. The highest BCUT2D eigenvalue weighted by molar-refractivity contribution is 7.17. The Kier molecular flexibility index (Phi) is 5.96. The molecule has 5 aromatic rings. The second-order valence-corrected chi connectivity index (χ2v) is 9.05. The number of fused-ring (bicyclic) bond motifs is 2. The molecule has 1 amide bonds. The minimum Gasteiger partial charge on any atom is -0.382 e. The van der Waals surface area contributed by atoms with Crippen LogP contribution in [0.2, 0.25) is 0 Å². The SMILES string of the molecule is Cc1ccc2c(NC(=O)c3nc(N)c4sccc4n3)nc(Nc3cccc(C(=O)C(F)(F)F)c3)cc2c1. The summed E-state index contributed by atoms with van der Waals surface area (Å²) in [5.74, 6) is -2.12. The van der Waals surface area contributed by atoms with Crippen molar-refractivity contribution in [2.24, 2.45) is 0 Å². The molecular weight excluding hydrogens is 505 g/mol. The lowest BCUT2D eigenvalue weighted by atomic mass is 10.1. The summed E-state index contributed by atoms with van der Waals surface area (Å²) in [5.41, 5.74) is 7.16. The van der Waals surface area contributed by atoms with E-state index in [0.717, 1.165) is 17.7 Å². The smallest absolute Gasteiger partial charge is 0.382 e. The van der Waals surface area contributed by atoms with E-state index in [9.17, 15) is 22.8 Å². The molecule has 12 heteroatoms. The molecule has 0 aliphatic carbocycles. The van der Waals surface area contributed by atoms with Gasteiger partial charge in [0.1, 0.15) is 17.5 Å². The van der Waals surface area contributed by atoms with Gasteiger partial charge in [-0.05, 0) is 42.0 Å². The summed E-state index contributed by atoms with van der Waals surface area (Å²) < 4.78 is 39.3. The number of halogens is 3. The Balaban J connectivity index is 1.51. The Morgan fingerprint density at radius 3 is 2.59 bits per heavy atom. The van der Waals surface area contributed by atoms with Crippen molar-refractivity contribution in [1.29, 1.82) is 0 Å². The van der Waals surface area contributed by atoms with Crippen molar-refractivity contribution in [1.82, 2.24) is 15.0 Å². The molecule has 0 saturated carbocycles. The zero-order valence-electron chi connectivity index (χ0n) is 19.1. The lowest BCUT2D eigenvalue weighted by molar-refractivity contribution is -0.0885. The number of thiophene rings is 1. The molecule has 0 radical (unpaired) electrons. The van der Waals surface area contributed by atoms with Crippen LogP contribution in [0.1, 0.15) is 26.5 Å². The number of anilines is 4. The molecule has 0 saturated heterocycles. The van der Waals surface area contributed by atoms with E-state index < -0.39 is 23.4 Å². The van der Waals surface area contributed by atoms with Gasteiger partial charge in [-0.25, -0.2) is 15.0 Å². The van der Waals surface area contributed by atoms with Gasteiger partial charge in [-0.3, -0.25) is 9.59 Å². The first-order valence-corrected chi connectivity index (χ1v) is 11.7. The van der Waals surface area contributed by atoms with E-state index in [0.29, 0.717) is 21.0 Å². The van der Waals surface area contributed by atoms with E-state index in [1.54, 1.807) is 23.6 Å². The highest BCUT2D eigenvalue weighted by Crippen LogP contribution is 2.30. The van der Waals surface area contributed by atoms with Crippen LogP contribution in [0.15, 0.2) is 60.0 Å². The third kappa shape index (κ3) is 4.91. The van der Waals surface area contributed by atoms with E-state index in [2.05, 4.69) is 25.6 Å². The van der Waals surface area contributed by atoms with Crippen molar-refractivity contribution in [3.8, 4) is 0 Å². The number of hydrogen-bond donors (Lipinski definition) is 3. The minimum absolute atomic E-state index is 0.137. The zero-order valence-corrected chi connectivity index (χ0v) is 19.9. The van der Waals surface area contributed by atoms with Crippen LogP contribution in [0.25, 0.3) is 21.0 Å². The van der Waals surface area contributed by atoms with E-state index in [-0.39, 0.29) is 29.0 Å². The number of pyridine rings is 1. The predicted molar refractivity (Wildman–Crippen MR) is 136 cm³/mol. The third-order valence-corrected chi connectivity index (χ3v) is 6.33. The predicted octanol–water partition coefficient (Wildman–Crippen LogP) is 5.87. The van der Waals surface area contributed by atoms with Gasteiger partial charge >= 0.3 is 6.18 Å². The van der Waals surface area contributed by atoms with Gasteiger partial charge in [0, 0.05) is 16.6 Å². The Morgan fingerprint density at radius 2 is 1.81 bits per heavy atom. The number of alkyl halides is 3. The van der Waals surface area contributed by atoms with Gasteiger partial charge in [0.2, 0.25) is 5.82 Å². The number of Topliss-reactive ketones (excluding diaryl/α,β-unsaturated/α-hetero) is 1. The Morgan fingerprint density at radius 1 is 1.00 bits per heavy atom. The summed E-state index contributed by atoms with van der Waals surface area (Å²) >= 11 is 1.36. The summed E-state index contributed by atoms with van der Waals surface area (Å²) in [6, 6.07) is 13.9. The Hall–Kier alpha value is -4.58. The summed E-state index contributed by atoms with van der Waals surface area (Å²) in [6.07, 6.45) is -4.99. The fraction of sp³-hybridized carbons (Fsp3) is 0.0800. The van der Waals surface area contributed by atoms with Crippen LogP contribution in [0, 0.1) is 6.92 Å². The topological polar surface area (TPSA) is 123 Å². The average Bonchev–Trinajstić information content (AvgIpc) is 3.32. The van der Waals surface area contributed by atoms with E-state index >= 15 is 0 Å². The summed E-state index contributed by atoms with van der Waals surface area (Å²) in [7, 11) is 0. The first-order valence-electron chi connectivity index (χ1n) is 10.8. The molecule has 3 heterocycles. The number of nitrogens with zero attached hydrogens (tertiary/aromatic N) is 3. The van der Waals surface area contributed by atoms with Crippen LogP contribution >= 0.6 is 11.3 Å². The van der Waals surface area contributed by atoms with Crippen molar-refractivity contribution < 1.29 is 22.8 Å². The molecule has 5 rings (SSSR count). The number of hydrogen-bond acceptors (Lipinski definition) is 8. The molecule has 2 aromatic carbocycles. The number of nitrogen functional groups attached to an aromatic ring is 1. The van der Waals surface area contributed by atoms with Gasteiger partial charge in [0.05, 0.1) is 10.2 Å². The molecule has 186 valence electrons. The number of rotatable bonds is 5. The summed E-state index contributed by atoms with van der Waals surface area (Å²) in [4.78, 5) is 37.5. The van der Waals surface area contributed by atoms with Gasteiger partial charge in [0.15, 0.2) is 0 Å². The van der Waals surface area contributed by atoms with Crippen LogP contribution in [-0.2, 0) is 0 Å². The number of nitrogens with two attached hydrogens (primary N) is 1. The van der Waals surface area contributed by atoms with E-state index in [4.69, 9.17) is 5.73 Å². The van der Waals surface area contributed by atoms with Crippen LogP contribution in [0.3, 0.4) is 0 Å². The highest BCUT2D eigenvalue weighted by Gasteiger charge is 2.39. The lowest BCUT2D eigenvalue weighted by Gasteiger charge is -2.13. The fourth-order valence-corrected chi connectivity index (χ4v) is 4.47. The van der Waals surface area contributed by atoms with Crippen molar-refractivity contribution >= 4 is 67.2 Å². The molecule has 0 bridgehead atoms. The van der Waals surface area contributed by atoms with Gasteiger partial charge in [-0.15, -0.1) is 11.3 Å². The van der Waals surface area contributed by atoms with Crippen molar-refractivity contribution in [3.05, 3.63) is 76.9 Å². The van der Waals surface area contributed by atoms with Crippen LogP contribution < -0.4 is 16.4 Å². The molecule has 8 nitrogen and oxygen atoms in total. The van der Waals surface area contributed by atoms with Gasteiger partial charge in [-0.2, -0.15) is 13.2 Å². The molecular formula is C25H17F3N6O2S. The number of amides is 1. The maximum absolute atomic E-state index is 13.0. The summed E-state index contributed by atoms with van der Waals surface area (Å²) in [5, 5.41) is 8.75. The number of carbonyl (C=O) groups is 2. The van der Waals surface area contributed by atoms with Crippen molar-refractivity contribution in [3.63, 3.8) is 0 Å². The molecule has 0 spiro atoms. The molecule has 0 unspecified atom stereocenters. The van der Waals surface area contributed by atoms with Crippen LogP contribution in [0.4, 0.5) is 36.3 Å². The van der Waals surface area contributed by atoms with Crippen LogP contribution in [-0.4, -0.2) is 32.8 Å². The van der Waals surface area contributed by atoms with Gasteiger partial charge in [0.25, 0.3) is 11.7 Å². The number of benzene rings is 2. The number of carbonyl (C=O) groups excluding carboxylic acids is 2. The molecule has 37 heavy (non-hydrogen) atoms. The lowest BCUT2D eigenvalue weighted by Crippen LogP contribution is -2.22. The quantitative estimate of drug-likeness (QED) is 0.247. The third-order valence-electron chi connectivity index (χ3n) is 5.41. The van der Waals surface area contributed by atoms with E-state index in [1.165, 1.54) is 23.5 Å². The number of aromatic nitrogens is 3. The maximum atomic E-state index is 13.0. The fourth-order valence-electron chi connectivity index (χ4n) is 3.74. The van der Waals surface area contributed by atoms with Crippen molar-refractivity contribution in [2.45, 2.75) is 13.1 Å². The van der Waals surface area contributed by atoms with Crippen LogP contribution in [0.5, 0.6) is 0 Å². The first-order chi connectivity index (χ1) is 17.6. The number of nitrogens with one attached hydrogen (secondary N) is 2. The maximum Gasteiger partial charge on any atom is 0.454 e. The molecule has 0 fully saturated rings.